The number of piperidine rings is 1. The van der Waals surface area contributed by atoms with Crippen LogP contribution in [-0.2, 0) is 13.2 Å². The molecule has 0 bridgehead atoms. The number of hydrogen-bond acceptors (Lipinski definition) is 5. The molecule has 24 heavy (non-hydrogen) atoms. The first kappa shape index (κ1) is 17.7. The Morgan fingerprint density at radius 1 is 1.38 bits per heavy atom. The molecule has 2 N–H and O–H groups in total. The minimum atomic E-state index is 0.352. The number of ether oxygens (including phenoxy) is 1. The smallest absolute Gasteiger partial charge is 0.140 e. The molecular formula is C18H24ClN3OS. The molecule has 0 saturated carbocycles. The predicted molar refractivity (Wildman–Crippen MR) is 99.5 cm³/mol. The van der Waals surface area contributed by atoms with E-state index in [0.717, 1.165) is 48.9 Å². The van der Waals surface area contributed by atoms with E-state index in [1.54, 1.807) is 11.3 Å². The lowest BCUT2D eigenvalue weighted by Crippen LogP contribution is -2.46. The van der Waals surface area contributed by atoms with Crippen LogP contribution in [0.3, 0.4) is 0 Å². The first-order chi connectivity index (χ1) is 11.6. The molecule has 4 nitrogen and oxygen atoms in total. The molecule has 0 aliphatic carbocycles. The van der Waals surface area contributed by atoms with Crippen molar-refractivity contribution in [3.8, 4) is 5.75 Å². The predicted octanol–water partition coefficient (Wildman–Crippen LogP) is 3.93. The van der Waals surface area contributed by atoms with E-state index in [4.69, 9.17) is 27.1 Å². The van der Waals surface area contributed by atoms with Crippen molar-refractivity contribution in [2.75, 3.05) is 13.1 Å². The number of hydrogen-bond donors (Lipinski definition) is 1. The Morgan fingerprint density at radius 3 is 2.92 bits per heavy atom. The van der Waals surface area contributed by atoms with Crippen molar-refractivity contribution < 1.29 is 4.74 Å². The van der Waals surface area contributed by atoms with Crippen molar-refractivity contribution in [3.63, 3.8) is 0 Å². The molecule has 0 radical (unpaired) electrons. The van der Waals surface area contributed by atoms with E-state index in [-0.39, 0.29) is 0 Å². The molecule has 1 aromatic heterocycles. The van der Waals surface area contributed by atoms with Crippen molar-refractivity contribution in [2.24, 2.45) is 11.7 Å². The summed E-state index contributed by atoms with van der Waals surface area (Å²) in [5.41, 5.74) is 7.31. The zero-order valence-electron chi connectivity index (χ0n) is 14.0. The number of nitrogens with two attached hydrogens (primary N) is 1. The van der Waals surface area contributed by atoms with Crippen LogP contribution in [0.2, 0.25) is 5.02 Å². The van der Waals surface area contributed by atoms with E-state index >= 15 is 0 Å². The average molecular weight is 366 g/mol. The van der Waals surface area contributed by atoms with E-state index in [2.05, 4.69) is 17.2 Å². The van der Waals surface area contributed by atoms with Crippen molar-refractivity contribution in [1.29, 1.82) is 0 Å². The lowest BCUT2D eigenvalue weighted by Gasteiger charge is -2.36. The van der Waals surface area contributed by atoms with Crippen molar-refractivity contribution in [2.45, 2.75) is 39.0 Å². The van der Waals surface area contributed by atoms with Gasteiger partial charge >= 0.3 is 0 Å². The summed E-state index contributed by atoms with van der Waals surface area (Å²) >= 11 is 7.53. The molecule has 0 spiro atoms. The van der Waals surface area contributed by atoms with Crippen molar-refractivity contribution >= 4 is 22.9 Å². The van der Waals surface area contributed by atoms with Crippen LogP contribution in [0.15, 0.2) is 29.6 Å². The van der Waals surface area contributed by atoms with Crippen LogP contribution in [0, 0.1) is 5.92 Å². The van der Waals surface area contributed by atoms with Crippen molar-refractivity contribution in [1.82, 2.24) is 9.88 Å². The molecule has 1 aliphatic heterocycles. The molecule has 1 aliphatic rings. The molecule has 0 amide bonds. The number of benzene rings is 1. The second kappa shape index (κ2) is 8.30. The van der Waals surface area contributed by atoms with Gasteiger partial charge < -0.3 is 10.5 Å². The third kappa shape index (κ3) is 4.70. The summed E-state index contributed by atoms with van der Waals surface area (Å²) in [6.45, 7) is 5.76. The highest BCUT2D eigenvalue weighted by molar-refractivity contribution is 7.09. The summed E-state index contributed by atoms with van der Waals surface area (Å²) in [4.78, 5) is 7.17. The molecule has 2 unspecified atom stereocenters. The SMILES string of the molecule is CCC1CN(Cc2csc(COc3ccc(Cl)cc3)n2)CCC1N. The molecule has 1 saturated heterocycles. The maximum atomic E-state index is 6.19. The summed E-state index contributed by atoms with van der Waals surface area (Å²) in [5.74, 6) is 1.41. The number of thiazole rings is 1. The van der Waals surface area contributed by atoms with E-state index in [1.807, 2.05) is 24.3 Å². The maximum Gasteiger partial charge on any atom is 0.140 e. The molecule has 2 atom stereocenters. The fraction of sp³-hybridized carbons (Fsp3) is 0.500. The van der Waals surface area contributed by atoms with Gasteiger partial charge in [-0.3, -0.25) is 4.90 Å². The van der Waals surface area contributed by atoms with Crippen LogP contribution >= 0.6 is 22.9 Å². The number of rotatable bonds is 6. The molecule has 6 heteroatoms. The van der Waals surface area contributed by atoms with Gasteiger partial charge in [0.15, 0.2) is 0 Å². The first-order valence-electron chi connectivity index (χ1n) is 8.43. The number of halogens is 1. The minimum absolute atomic E-state index is 0.352. The van der Waals surface area contributed by atoms with Gasteiger partial charge in [-0.15, -0.1) is 11.3 Å². The molecule has 3 rings (SSSR count). The Balaban J connectivity index is 1.51. The van der Waals surface area contributed by atoms with Gasteiger partial charge in [0, 0.05) is 36.1 Å². The molecule has 130 valence electrons. The van der Waals surface area contributed by atoms with Gasteiger partial charge in [0.2, 0.25) is 0 Å². The summed E-state index contributed by atoms with van der Waals surface area (Å²) in [5, 5.41) is 3.85. The highest BCUT2D eigenvalue weighted by Gasteiger charge is 2.25. The summed E-state index contributed by atoms with van der Waals surface area (Å²) in [6.07, 6.45) is 2.23. The Hall–Kier alpha value is -1.14. The van der Waals surface area contributed by atoms with Gasteiger partial charge in [-0.2, -0.15) is 0 Å². The summed E-state index contributed by atoms with van der Waals surface area (Å²) < 4.78 is 5.76. The molecule has 1 fully saturated rings. The fourth-order valence-corrected chi connectivity index (χ4v) is 3.92. The Labute approximate surface area is 152 Å². The maximum absolute atomic E-state index is 6.19. The van der Waals surface area contributed by atoms with Crippen LogP contribution in [0.4, 0.5) is 0 Å². The van der Waals surface area contributed by atoms with E-state index in [0.29, 0.717) is 23.6 Å². The highest BCUT2D eigenvalue weighted by Crippen LogP contribution is 2.22. The monoisotopic (exact) mass is 365 g/mol. The largest absolute Gasteiger partial charge is 0.486 e. The standard InChI is InChI=1S/C18H24ClN3OS/c1-2-13-9-22(8-7-17(13)20)10-15-12-24-18(21-15)11-23-16-5-3-14(19)4-6-16/h3-6,12-13,17H,2,7-11,20H2,1H3. The van der Waals surface area contributed by atoms with Gasteiger partial charge in [-0.1, -0.05) is 24.9 Å². The zero-order chi connectivity index (χ0) is 16.9. The van der Waals surface area contributed by atoms with Gasteiger partial charge in [-0.25, -0.2) is 4.98 Å². The quantitative estimate of drug-likeness (QED) is 0.842. The average Bonchev–Trinajstić information content (AvgIpc) is 3.03. The molecular weight excluding hydrogens is 342 g/mol. The van der Waals surface area contributed by atoms with Crippen LogP contribution < -0.4 is 10.5 Å². The van der Waals surface area contributed by atoms with Gasteiger partial charge in [0.05, 0.1) is 5.69 Å². The van der Waals surface area contributed by atoms with Crippen LogP contribution in [-0.4, -0.2) is 29.0 Å². The topological polar surface area (TPSA) is 51.4 Å². The van der Waals surface area contributed by atoms with Gasteiger partial charge in [0.1, 0.15) is 17.4 Å². The van der Waals surface area contributed by atoms with Crippen LogP contribution in [0.5, 0.6) is 5.75 Å². The Morgan fingerprint density at radius 2 is 2.17 bits per heavy atom. The minimum Gasteiger partial charge on any atom is -0.486 e. The Bertz CT molecular complexity index is 646. The highest BCUT2D eigenvalue weighted by atomic mass is 35.5. The third-order valence-electron chi connectivity index (χ3n) is 4.56. The van der Waals surface area contributed by atoms with E-state index in [9.17, 15) is 0 Å². The fourth-order valence-electron chi connectivity index (χ4n) is 3.09. The lowest BCUT2D eigenvalue weighted by molar-refractivity contribution is 0.144. The van der Waals surface area contributed by atoms with Gasteiger partial charge in [0.25, 0.3) is 0 Å². The first-order valence-corrected chi connectivity index (χ1v) is 9.69. The normalized spacial score (nSPS) is 21.8. The molecule has 1 aromatic carbocycles. The second-order valence-electron chi connectivity index (χ2n) is 6.33. The number of nitrogens with zero attached hydrogens (tertiary/aromatic N) is 2. The van der Waals surface area contributed by atoms with E-state index in [1.165, 1.54) is 0 Å². The second-order valence-corrected chi connectivity index (χ2v) is 7.71. The number of aromatic nitrogens is 1. The molecule has 2 heterocycles. The summed E-state index contributed by atoms with van der Waals surface area (Å²) in [6, 6.07) is 7.76. The Kier molecular flexibility index (Phi) is 6.11. The molecule has 2 aromatic rings. The van der Waals surface area contributed by atoms with Crippen molar-refractivity contribution in [3.05, 3.63) is 45.4 Å². The van der Waals surface area contributed by atoms with Crippen LogP contribution in [0.25, 0.3) is 0 Å². The third-order valence-corrected chi connectivity index (χ3v) is 5.69. The van der Waals surface area contributed by atoms with E-state index < -0.39 is 0 Å². The van der Waals surface area contributed by atoms with Gasteiger partial charge in [-0.05, 0) is 36.6 Å². The summed E-state index contributed by atoms with van der Waals surface area (Å²) in [7, 11) is 0. The number of likely N-dealkylation sites (tertiary alicyclic amines) is 1. The van der Waals surface area contributed by atoms with Crippen LogP contribution in [0.1, 0.15) is 30.5 Å². The lowest BCUT2D eigenvalue weighted by atomic mass is 9.91. The zero-order valence-corrected chi connectivity index (χ0v) is 15.5.